The number of amides is 2. The molecule has 0 saturated heterocycles. The van der Waals surface area contributed by atoms with Gasteiger partial charge in [-0.3, -0.25) is 10.1 Å². The Balaban J connectivity index is 2.37. The first-order valence-corrected chi connectivity index (χ1v) is 6.10. The molecule has 7 nitrogen and oxygen atoms in total. The van der Waals surface area contributed by atoms with Gasteiger partial charge in [-0.05, 0) is 24.3 Å². The second kappa shape index (κ2) is 8.89. The average molecular weight is 281 g/mol. The summed E-state index contributed by atoms with van der Waals surface area (Å²) in [5, 5.41) is 8.19. The molecule has 0 spiro atoms. The van der Waals surface area contributed by atoms with Crippen LogP contribution in [0.4, 0.5) is 16.2 Å². The topological polar surface area (TPSA) is 88.7 Å². The molecule has 0 heterocycles. The molecule has 1 rings (SSSR count). The first-order valence-electron chi connectivity index (χ1n) is 6.10. The van der Waals surface area contributed by atoms with E-state index in [2.05, 4.69) is 20.7 Å². The molecule has 0 unspecified atom stereocenters. The third-order valence-electron chi connectivity index (χ3n) is 2.37. The fraction of sp³-hybridized carbons (Fsp3) is 0.385. The summed E-state index contributed by atoms with van der Waals surface area (Å²) in [6.07, 6.45) is -0.538. The maximum absolute atomic E-state index is 11.6. The van der Waals surface area contributed by atoms with Crippen molar-refractivity contribution in [3.63, 3.8) is 0 Å². The van der Waals surface area contributed by atoms with Gasteiger partial charge in [-0.15, -0.1) is 0 Å². The van der Waals surface area contributed by atoms with Gasteiger partial charge in [-0.25, -0.2) is 4.79 Å². The van der Waals surface area contributed by atoms with E-state index in [4.69, 9.17) is 4.74 Å². The highest BCUT2D eigenvalue weighted by Crippen LogP contribution is 2.13. The van der Waals surface area contributed by atoms with Crippen LogP contribution in [0.25, 0.3) is 0 Å². The van der Waals surface area contributed by atoms with Gasteiger partial charge in [-0.1, -0.05) is 0 Å². The highest BCUT2D eigenvalue weighted by atomic mass is 16.5. The molecular weight excluding hydrogens is 262 g/mol. The molecule has 0 saturated carbocycles. The number of carbonyl (C=O) groups is 2. The molecular formula is C13H19N3O4. The van der Waals surface area contributed by atoms with Crippen LogP contribution in [0.3, 0.4) is 0 Å². The van der Waals surface area contributed by atoms with Gasteiger partial charge >= 0.3 is 6.09 Å². The van der Waals surface area contributed by atoms with E-state index in [1.165, 1.54) is 7.11 Å². The number of anilines is 2. The SMILES string of the molecule is COCCNCC(=O)Nc1ccc(NC(=O)OC)cc1. The summed E-state index contributed by atoms with van der Waals surface area (Å²) < 4.78 is 9.33. The predicted octanol–water partition coefficient (Wildman–Crippen LogP) is 1.04. The van der Waals surface area contributed by atoms with E-state index >= 15 is 0 Å². The minimum absolute atomic E-state index is 0.144. The van der Waals surface area contributed by atoms with E-state index in [1.54, 1.807) is 31.4 Å². The molecule has 7 heteroatoms. The van der Waals surface area contributed by atoms with Gasteiger partial charge in [-0.2, -0.15) is 0 Å². The van der Waals surface area contributed by atoms with Crippen molar-refractivity contribution in [1.82, 2.24) is 5.32 Å². The summed E-state index contributed by atoms with van der Waals surface area (Å²) >= 11 is 0. The summed E-state index contributed by atoms with van der Waals surface area (Å²) in [6.45, 7) is 1.39. The lowest BCUT2D eigenvalue weighted by molar-refractivity contribution is -0.115. The Kier molecular flexibility index (Phi) is 7.08. The zero-order chi connectivity index (χ0) is 14.8. The minimum atomic E-state index is -0.538. The highest BCUT2D eigenvalue weighted by Gasteiger charge is 2.03. The Morgan fingerprint density at radius 3 is 2.20 bits per heavy atom. The molecule has 0 aliphatic carbocycles. The molecule has 0 bridgehead atoms. The summed E-state index contributed by atoms with van der Waals surface area (Å²) in [4.78, 5) is 22.6. The molecule has 2 amide bonds. The molecule has 0 radical (unpaired) electrons. The van der Waals surface area contributed by atoms with Crippen molar-refractivity contribution in [1.29, 1.82) is 0 Å². The Morgan fingerprint density at radius 1 is 1.05 bits per heavy atom. The molecule has 1 aromatic rings. The van der Waals surface area contributed by atoms with E-state index in [0.717, 1.165) is 0 Å². The van der Waals surface area contributed by atoms with Crippen molar-refractivity contribution in [3.05, 3.63) is 24.3 Å². The van der Waals surface area contributed by atoms with Crippen molar-refractivity contribution in [2.24, 2.45) is 0 Å². The quantitative estimate of drug-likeness (QED) is 0.650. The second-order valence-corrected chi connectivity index (χ2v) is 3.91. The smallest absolute Gasteiger partial charge is 0.411 e. The van der Waals surface area contributed by atoms with E-state index in [1.807, 2.05) is 0 Å². The number of rotatable bonds is 7. The molecule has 0 aliphatic rings. The summed E-state index contributed by atoms with van der Waals surface area (Å²) in [7, 11) is 2.90. The largest absolute Gasteiger partial charge is 0.453 e. The number of hydrogen-bond acceptors (Lipinski definition) is 5. The van der Waals surface area contributed by atoms with Gasteiger partial charge < -0.3 is 20.1 Å². The number of benzene rings is 1. The first kappa shape index (κ1) is 15.9. The normalized spacial score (nSPS) is 9.90. The van der Waals surface area contributed by atoms with Gasteiger partial charge in [0.05, 0.1) is 20.3 Å². The molecule has 3 N–H and O–H groups in total. The first-order chi connectivity index (χ1) is 9.65. The Bertz CT molecular complexity index is 434. The molecule has 110 valence electrons. The van der Waals surface area contributed by atoms with Crippen molar-refractivity contribution in [2.45, 2.75) is 0 Å². The van der Waals surface area contributed by atoms with Crippen molar-refractivity contribution < 1.29 is 19.1 Å². The van der Waals surface area contributed by atoms with Gasteiger partial charge in [0.2, 0.25) is 5.91 Å². The molecule has 1 aromatic carbocycles. The second-order valence-electron chi connectivity index (χ2n) is 3.91. The summed E-state index contributed by atoms with van der Waals surface area (Å²) in [5.74, 6) is -0.144. The molecule has 0 aromatic heterocycles. The lowest BCUT2D eigenvalue weighted by Crippen LogP contribution is -2.30. The number of carbonyl (C=O) groups excluding carboxylic acids is 2. The zero-order valence-corrected chi connectivity index (χ0v) is 11.6. The van der Waals surface area contributed by atoms with Crippen LogP contribution in [0.15, 0.2) is 24.3 Å². The fourth-order valence-electron chi connectivity index (χ4n) is 1.39. The van der Waals surface area contributed by atoms with Gasteiger partial charge in [0, 0.05) is 25.0 Å². The predicted molar refractivity (Wildman–Crippen MR) is 75.8 cm³/mol. The molecule has 20 heavy (non-hydrogen) atoms. The van der Waals surface area contributed by atoms with Crippen molar-refractivity contribution >= 4 is 23.4 Å². The Morgan fingerprint density at radius 2 is 1.65 bits per heavy atom. The maximum atomic E-state index is 11.6. The molecule has 0 atom stereocenters. The van der Waals surface area contributed by atoms with Crippen LogP contribution in [-0.4, -0.2) is 45.9 Å². The van der Waals surface area contributed by atoms with E-state index in [0.29, 0.717) is 24.5 Å². The van der Waals surface area contributed by atoms with E-state index in [-0.39, 0.29) is 12.5 Å². The van der Waals surface area contributed by atoms with Crippen LogP contribution >= 0.6 is 0 Å². The van der Waals surface area contributed by atoms with Crippen LogP contribution in [0.2, 0.25) is 0 Å². The van der Waals surface area contributed by atoms with Gasteiger partial charge in [0.25, 0.3) is 0 Å². The molecule has 0 fully saturated rings. The zero-order valence-electron chi connectivity index (χ0n) is 11.6. The lowest BCUT2D eigenvalue weighted by Gasteiger charge is -2.08. The summed E-state index contributed by atoms with van der Waals surface area (Å²) in [6, 6.07) is 6.73. The monoisotopic (exact) mass is 281 g/mol. The average Bonchev–Trinajstić information content (AvgIpc) is 2.45. The van der Waals surface area contributed by atoms with Crippen molar-refractivity contribution in [2.75, 3.05) is 44.5 Å². The lowest BCUT2D eigenvalue weighted by atomic mass is 10.3. The van der Waals surface area contributed by atoms with E-state index in [9.17, 15) is 9.59 Å². The van der Waals surface area contributed by atoms with Crippen LogP contribution in [0.5, 0.6) is 0 Å². The summed E-state index contributed by atoms with van der Waals surface area (Å²) in [5.41, 5.74) is 1.24. The van der Waals surface area contributed by atoms with Crippen LogP contribution in [-0.2, 0) is 14.3 Å². The van der Waals surface area contributed by atoms with Gasteiger partial charge in [0.15, 0.2) is 0 Å². The Hall–Kier alpha value is -2.12. The third kappa shape index (κ3) is 6.17. The van der Waals surface area contributed by atoms with E-state index < -0.39 is 6.09 Å². The number of hydrogen-bond donors (Lipinski definition) is 3. The minimum Gasteiger partial charge on any atom is -0.453 e. The van der Waals surface area contributed by atoms with Crippen LogP contribution in [0.1, 0.15) is 0 Å². The Labute approximate surface area is 117 Å². The number of methoxy groups -OCH3 is 2. The third-order valence-corrected chi connectivity index (χ3v) is 2.37. The fourth-order valence-corrected chi connectivity index (χ4v) is 1.39. The van der Waals surface area contributed by atoms with Gasteiger partial charge in [0.1, 0.15) is 0 Å². The highest BCUT2D eigenvalue weighted by molar-refractivity contribution is 5.92. The standard InChI is InChI=1S/C13H19N3O4/c1-19-8-7-14-9-12(17)15-10-3-5-11(6-4-10)16-13(18)20-2/h3-6,14H,7-9H2,1-2H3,(H,15,17)(H,16,18). The van der Waals surface area contributed by atoms with Crippen molar-refractivity contribution in [3.8, 4) is 0 Å². The van der Waals surface area contributed by atoms with Crippen LogP contribution < -0.4 is 16.0 Å². The number of ether oxygens (including phenoxy) is 2. The van der Waals surface area contributed by atoms with Crippen LogP contribution in [0, 0.1) is 0 Å². The number of nitrogens with one attached hydrogen (secondary N) is 3. The maximum Gasteiger partial charge on any atom is 0.411 e. The molecule has 0 aliphatic heterocycles.